The molecule has 0 aliphatic carbocycles. The number of hydrogen-bond donors (Lipinski definition) is 0. The van der Waals surface area contributed by atoms with Crippen LogP contribution in [-0.4, -0.2) is 49.9 Å². The van der Waals surface area contributed by atoms with Crippen molar-refractivity contribution in [3.63, 3.8) is 0 Å². The van der Waals surface area contributed by atoms with Gasteiger partial charge in [0, 0.05) is 36.1 Å². The van der Waals surface area contributed by atoms with Gasteiger partial charge in [0.2, 0.25) is 0 Å². The zero-order valence-corrected chi connectivity index (χ0v) is 16.3. The van der Waals surface area contributed by atoms with Crippen LogP contribution in [0.2, 0.25) is 0 Å². The van der Waals surface area contributed by atoms with E-state index in [4.69, 9.17) is 4.74 Å². The van der Waals surface area contributed by atoms with Crippen molar-refractivity contribution in [2.45, 2.75) is 12.2 Å². The van der Waals surface area contributed by atoms with Crippen LogP contribution in [-0.2, 0) is 9.53 Å². The van der Waals surface area contributed by atoms with Gasteiger partial charge in [-0.15, -0.1) is 0 Å². The lowest BCUT2D eigenvalue weighted by atomic mass is 9.93. The molecule has 0 bridgehead atoms. The third-order valence-electron chi connectivity index (χ3n) is 5.54. The van der Waals surface area contributed by atoms with Crippen molar-refractivity contribution >= 4 is 17.3 Å². The fraction of sp³-hybridized carbons (Fsp3) is 0.333. The summed E-state index contributed by atoms with van der Waals surface area (Å²) < 4.78 is 45.0. The molecule has 1 atom stereocenters. The summed E-state index contributed by atoms with van der Waals surface area (Å²) in [5.74, 6) is -0.736. The molecule has 31 heavy (non-hydrogen) atoms. The molecule has 0 radical (unpaired) electrons. The van der Waals surface area contributed by atoms with Crippen molar-refractivity contribution < 1.29 is 22.7 Å². The number of fused-ring (bicyclic) bond motifs is 3. The minimum absolute atomic E-state index is 0.126. The average molecular weight is 429 g/mol. The largest absolute Gasteiger partial charge is 0.406 e. The topological polar surface area (TPSA) is 70.4 Å². The highest BCUT2D eigenvalue weighted by Gasteiger charge is 2.43. The fourth-order valence-corrected chi connectivity index (χ4v) is 4.02. The molecule has 0 saturated carbocycles. The van der Waals surface area contributed by atoms with Gasteiger partial charge in [0.15, 0.2) is 0 Å². The van der Waals surface area contributed by atoms with Crippen LogP contribution < -0.4 is 9.80 Å². The zero-order chi connectivity index (χ0) is 21.6. The third-order valence-corrected chi connectivity index (χ3v) is 5.54. The van der Waals surface area contributed by atoms with E-state index in [1.54, 1.807) is 0 Å². The summed E-state index contributed by atoms with van der Waals surface area (Å²) in [4.78, 5) is 20.1. The fourth-order valence-electron chi connectivity index (χ4n) is 4.02. The molecule has 2 aromatic rings. The van der Waals surface area contributed by atoms with Gasteiger partial charge in [-0.2, -0.15) is 23.4 Å². The normalized spacial score (nSPS) is 20.5. The van der Waals surface area contributed by atoms with E-state index in [0.29, 0.717) is 24.5 Å². The highest BCUT2D eigenvalue weighted by Crippen LogP contribution is 2.44. The highest BCUT2D eigenvalue weighted by atomic mass is 19.4. The van der Waals surface area contributed by atoms with Crippen LogP contribution in [0.4, 0.5) is 24.5 Å². The summed E-state index contributed by atoms with van der Waals surface area (Å²) in [7, 11) is 0. The van der Waals surface area contributed by atoms with Crippen LogP contribution in [0.1, 0.15) is 11.6 Å². The van der Waals surface area contributed by atoms with Crippen LogP contribution in [0.5, 0.6) is 0 Å². The average Bonchev–Trinajstić information content (AvgIpc) is 3.27. The lowest BCUT2D eigenvalue weighted by molar-refractivity contribution is -0.130. The molecule has 4 heterocycles. The van der Waals surface area contributed by atoms with Crippen LogP contribution >= 0.6 is 0 Å². The Hall–Kier alpha value is -3.27. The molecule has 0 spiro atoms. The quantitative estimate of drug-likeness (QED) is 0.743. The molecule has 7 nitrogen and oxygen atoms in total. The third kappa shape index (κ3) is 3.67. The van der Waals surface area contributed by atoms with Gasteiger partial charge in [-0.1, -0.05) is 12.1 Å². The van der Waals surface area contributed by atoms with Gasteiger partial charge in [0.1, 0.15) is 12.6 Å². The molecule has 160 valence electrons. The predicted molar refractivity (Wildman–Crippen MR) is 107 cm³/mol. The summed E-state index contributed by atoms with van der Waals surface area (Å²) in [6.45, 7) is 1.56. The second-order valence-electron chi connectivity index (χ2n) is 7.50. The van der Waals surface area contributed by atoms with E-state index in [1.807, 2.05) is 24.3 Å². The van der Waals surface area contributed by atoms with Crippen molar-refractivity contribution in [3.05, 3.63) is 53.9 Å². The van der Waals surface area contributed by atoms with E-state index in [9.17, 15) is 18.0 Å². The Labute approximate surface area is 175 Å². The maximum Gasteiger partial charge on any atom is 0.406 e. The molecule has 1 unspecified atom stereocenters. The molecular formula is C21H18F3N5O2. The minimum atomic E-state index is -4.55. The number of carbonyl (C=O) groups excluding carboxylic acids is 1. The van der Waals surface area contributed by atoms with E-state index in [0.717, 1.165) is 29.2 Å². The first-order valence-corrected chi connectivity index (χ1v) is 9.82. The van der Waals surface area contributed by atoms with E-state index in [1.165, 1.54) is 18.5 Å². The maximum absolute atomic E-state index is 13.2. The van der Waals surface area contributed by atoms with Gasteiger partial charge >= 0.3 is 6.18 Å². The number of ether oxygens (including phenoxy) is 1. The van der Waals surface area contributed by atoms with Gasteiger partial charge in [0.25, 0.3) is 5.91 Å². The Morgan fingerprint density at radius 2 is 1.87 bits per heavy atom. The number of aromatic nitrogens is 1. The molecule has 1 amide bonds. The summed E-state index contributed by atoms with van der Waals surface area (Å²) in [6.07, 6.45) is -1.84. The minimum Gasteiger partial charge on any atom is -0.378 e. The molecular weight excluding hydrogens is 411 g/mol. The molecule has 1 aromatic carbocycles. The number of benzene rings is 1. The van der Waals surface area contributed by atoms with Crippen molar-refractivity contribution in [1.82, 2.24) is 4.98 Å². The number of azo groups is 1. The zero-order valence-electron chi connectivity index (χ0n) is 16.3. The Morgan fingerprint density at radius 1 is 1.13 bits per heavy atom. The SMILES string of the molecule is O=C1C2=CN=NC2c2cnc(-c3ccc(N4CCOCC4)cc3)cc2N1CC(F)(F)F. The van der Waals surface area contributed by atoms with Crippen molar-refractivity contribution in [2.75, 3.05) is 42.6 Å². The lowest BCUT2D eigenvalue weighted by Gasteiger charge is -2.32. The number of hydrogen-bond acceptors (Lipinski definition) is 6. The van der Waals surface area contributed by atoms with Gasteiger partial charge in [-0.05, 0) is 18.2 Å². The molecule has 10 heteroatoms. The number of rotatable bonds is 3. The van der Waals surface area contributed by atoms with Crippen LogP contribution in [0.15, 0.2) is 58.5 Å². The number of amides is 1. The number of nitrogens with zero attached hydrogens (tertiary/aromatic N) is 5. The second kappa shape index (κ2) is 7.45. The number of alkyl halides is 3. The standard InChI is InChI=1S/C21H18F3N5O2/c22-21(23,24)12-29-18-9-17(25-10-15(18)19-16(20(29)30)11-26-27-19)13-1-3-14(4-2-13)28-5-7-31-8-6-28/h1-4,9-11,19H,5-8,12H2. The van der Waals surface area contributed by atoms with Gasteiger partial charge in [0.05, 0.1) is 36.4 Å². The molecule has 5 rings (SSSR count). The molecule has 1 aromatic heterocycles. The lowest BCUT2D eigenvalue weighted by Crippen LogP contribution is -2.43. The number of anilines is 2. The van der Waals surface area contributed by atoms with E-state index in [2.05, 4.69) is 20.1 Å². The number of carbonyl (C=O) groups is 1. The number of halogens is 3. The summed E-state index contributed by atoms with van der Waals surface area (Å²) in [6, 6.07) is 8.46. The van der Waals surface area contributed by atoms with Crippen LogP contribution in [0.3, 0.4) is 0 Å². The first-order chi connectivity index (χ1) is 14.9. The molecule has 1 fully saturated rings. The monoisotopic (exact) mass is 429 g/mol. The first kappa shape index (κ1) is 19.7. The second-order valence-corrected chi connectivity index (χ2v) is 7.50. The van der Waals surface area contributed by atoms with Crippen LogP contribution in [0, 0.1) is 0 Å². The highest BCUT2D eigenvalue weighted by molar-refractivity contribution is 6.10. The molecule has 3 aliphatic heterocycles. The van der Waals surface area contributed by atoms with Crippen LogP contribution in [0.25, 0.3) is 11.3 Å². The van der Waals surface area contributed by atoms with Crippen molar-refractivity contribution in [2.24, 2.45) is 10.2 Å². The maximum atomic E-state index is 13.2. The Kier molecular flexibility index (Phi) is 4.73. The number of pyridine rings is 1. The van der Waals surface area contributed by atoms with Crippen molar-refractivity contribution in [3.8, 4) is 11.3 Å². The molecule has 1 saturated heterocycles. The number of morpholine rings is 1. The Morgan fingerprint density at radius 3 is 2.58 bits per heavy atom. The van der Waals surface area contributed by atoms with Crippen molar-refractivity contribution in [1.29, 1.82) is 0 Å². The van der Waals surface area contributed by atoms with Gasteiger partial charge in [-0.3, -0.25) is 14.7 Å². The van der Waals surface area contributed by atoms with E-state index >= 15 is 0 Å². The van der Waals surface area contributed by atoms with Gasteiger partial charge < -0.3 is 9.64 Å². The predicted octanol–water partition coefficient (Wildman–Crippen LogP) is 3.88. The summed E-state index contributed by atoms with van der Waals surface area (Å²) >= 11 is 0. The summed E-state index contributed by atoms with van der Waals surface area (Å²) in [5, 5.41) is 7.73. The first-order valence-electron chi connectivity index (χ1n) is 9.82. The van der Waals surface area contributed by atoms with E-state index in [-0.39, 0.29) is 11.3 Å². The Balaban J connectivity index is 1.50. The molecule has 3 aliphatic rings. The molecule has 0 N–H and O–H groups in total. The smallest absolute Gasteiger partial charge is 0.378 e. The van der Waals surface area contributed by atoms with E-state index < -0.39 is 24.7 Å². The van der Waals surface area contributed by atoms with Gasteiger partial charge in [-0.25, -0.2) is 0 Å². The summed E-state index contributed by atoms with van der Waals surface area (Å²) in [5.41, 5.74) is 2.99. The Bertz CT molecular complexity index is 1080.